The standard InChI is InChI=1S/C10H20NO10P/c1-5(12)2-8(15)11-3-6(13)9(16)10(17)7(14)4-21-22(18,19)20/h6-7,9-10,13-14,16-17H,2-4H2,1H3,(H,11,15)(H2,18,19,20). The lowest BCUT2D eigenvalue weighted by molar-refractivity contribution is -0.129. The third-order valence-corrected chi connectivity index (χ3v) is 2.96. The molecule has 4 unspecified atom stereocenters. The Kier molecular flexibility index (Phi) is 8.89. The lowest BCUT2D eigenvalue weighted by atomic mass is 10.0. The summed E-state index contributed by atoms with van der Waals surface area (Å²) in [6, 6.07) is 0. The molecule has 130 valence electrons. The minimum atomic E-state index is -4.86. The molecule has 0 bridgehead atoms. The van der Waals surface area contributed by atoms with E-state index in [2.05, 4.69) is 9.84 Å². The zero-order valence-electron chi connectivity index (χ0n) is 11.7. The number of aliphatic hydroxyl groups is 4. The predicted octanol–water partition coefficient (Wildman–Crippen LogP) is -3.37. The van der Waals surface area contributed by atoms with Gasteiger partial charge >= 0.3 is 7.82 Å². The van der Waals surface area contributed by atoms with Crippen molar-refractivity contribution in [2.45, 2.75) is 37.8 Å². The summed E-state index contributed by atoms with van der Waals surface area (Å²) in [7, 11) is -4.86. The highest BCUT2D eigenvalue weighted by molar-refractivity contribution is 7.46. The first-order valence-electron chi connectivity index (χ1n) is 6.12. The van der Waals surface area contributed by atoms with Gasteiger partial charge in [-0.2, -0.15) is 0 Å². The van der Waals surface area contributed by atoms with Gasteiger partial charge in [-0.25, -0.2) is 4.57 Å². The van der Waals surface area contributed by atoms with Gasteiger partial charge in [-0.15, -0.1) is 0 Å². The van der Waals surface area contributed by atoms with Gasteiger partial charge in [0.25, 0.3) is 0 Å². The fourth-order valence-electron chi connectivity index (χ4n) is 1.36. The Morgan fingerprint density at radius 2 is 1.59 bits per heavy atom. The molecule has 0 aliphatic heterocycles. The maximum absolute atomic E-state index is 11.2. The average molecular weight is 345 g/mol. The Bertz CT molecular complexity index is 424. The number of nitrogens with one attached hydrogen (secondary N) is 1. The minimum absolute atomic E-state index is 0.405. The molecule has 0 aliphatic carbocycles. The molecule has 7 N–H and O–H groups in total. The second kappa shape index (κ2) is 9.28. The minimum Gasteiger partial charge on any atom is -0.388 e. The molecule has 0 aromatic rings. The Morgan fingerprint density at radius 3 is 2.05 bits per heavy atom. The molecular weight excluding hydrogens is 325 g/mol. The van der Waals surface area contributed by atoms with Gasteiger partial charge in [-0.3, -0.25) is 14.1 Å². The number of hydrogen-bond donors (Lipinski definition) is 7. The molecule has 4 atom stereocenters. The van der Waals surface area contributed by atoms with Crippen molar-refractivity contribution < 1.29 is 48.9 Å². The molecule has 0 spiro atoms. The van der Waals surface area contributed by atoms with Crippen LogP contribution in [0.25, 0.3) is 0 Å². The van der Waals surface area contributed by atoms with E-state index in [-0.39, 0.29) is 0 Å². The summed E-state index contributed by atoms with van der Waals surface area (Å²) in [5, 5.41) is 40.1. The number of aliphatic hydroxyl groups excluding tert-OH is 4. The highest BCUT2D eigenvalue weighted by Crippen LogP contribution is 2.35. The van der Waals surface area contributed by atoms with Crippen molar-refractivity contribution in [3.8, 4) is 0 Å². The molecule has 12 heteroatoms. The van der Waals surface area contributed by atoms with Crippen LogP contribution < -0.4 is 5.32 Å². The van der Waals surface area contributed by atoms with E-state index in [9.17, 15) is 34.6 Å². The largest absolute Gasteiger partial charge is 0.469 e. The van der Waals surface area contributed by atoms with Crippen LogP contribution in [0.15, 0.2) is 0 Å². The van der Waals surface area contributed by atoms with Crippen LogP contribution >= 0.6 is 7.82 Å². The smallest absolute Gasteiger partial charge is 0.388 e. The molecule has 0 aromatic carbocycles. The third-order valence-electron chi connectivity index (χ3n) is 2.47. The number of phosphoric ester groups is 1. The van der Waals surface area contributed by atoms with Crippen LogP contribution in [0.5, 0.6) is 0 Å². The summed E-state index contributed by atoms with van der Waals surface area (Å²) in [4.78, 5) is 38.7. The number of amides is 1. The number of rotatable bonds is 10. The van der Waals surface area contributed by atoms with E-state index in [1.807, 2.05) is 0 Å². The normalized spacial score (nSPS) is 17.4. The first-order chi connectivity index (χ1) is 9.94. The number of ketones is 1. The summed E-state index contributed by atoms with van der Waals surface area (Å²) < 4.78 is 14.4. The molecule has 0 heterocycles. The van der Waals surface area contributed by atoms with Crippen molar-refractivity contribution in [3.63, 3.8) is 0 Å². The van der Waals surface area contributed by atoms with Gasteiger partial charge in [0.05, 0.1) is 19.1 Å². The molecule has 0 saturated carbocycles. The van der Waals surface area contributed by atoms with Crippen molar-refractivity contribution in [1.82, 2.24) is 5.32 Å². The number of Topliss-reactive ketones (excluding diaryl/α,β-unsaturated/α-hetero) is 1. The number of carbonyl (C=O) groups excluding carboxylic acids is 2. The summed E-state index contributed by atoms with van der Waals surface area (Å²) >= 11 is 0. The second-order valence-electron chi connectivity index (χ2n) is 4.59. The first-order valence-corrected chi connectivity index (χ1v) is 7.65. The molecule has 0 aromatic heterocycles. The van der Waals surface area contributed by atoms with Crippen LogP contribution in [0, 0.1) is 0 Å². The molecule has 1 amide bonds. The van der Waals surface area contributed by atoms with E-state index in [0.29, 0.717) is 0 Å². The van der Waals surface area contributed by atoms with Crippen LogP contribution in [-0.4, -0.2) is 79.5 Å². The summed E-state index contributed by atoms with van der Waals surface area (Å²) in [6.07, 6.45) is -7.88. The zero-order chi connectivity index (χ0) is 17.5. The highest BCUT2D eigenvalue weighted by Gasteiger charge is 2.32. The van der Waals surface area contributed by atoms with Gasteiger partial charge in [-0.1, -0.05) is 0 Å². The molecule has 0 rings (SSSR count). The fraction of sp³-hybridized carbons (Fsp3) is 0.800. The molecule has 0 saturated heterocycles. The maximum Gasteiger partial charge on any atom is 0.469 e. The van der Waals surface area contributed by atoms with Crippen molar-refractivity contribution in [3.05, 3.63) is 0 Å². The number of phosphoric acid groups is 1. The molecular formula is C10H20NO10P. The van der Waals surface area contributed by atoms with Gasteiger partial charge in [0.15, 0.2) is 0 Å². The topological polar surface area (TPSA) is 194 Å². The molecule has 0 aliphatic rings. The molecule has 0 radical (unpaired) electrons. The number of carbonyl (C=O) groups is 2. The van der Waals surface area contributed by atoms with Crippen LogP contribution in [0.2, 0.25) is 0 Å². The number of hydrogen-bond acceptors (Lipinski definition) is 8. The van der Waals surface area contributed by atoms with Crippen molar-refractivity contribution in [2.75, 3.05) is 13.2 Å². The van der Waals surface area contributed by atoms with Crippen LogP contribution in [0.3, 0.4) is 0 Å². The van der Waals surface area contributed by atoms with E-state index in [4.69, 9.17) is 9.79 Å². The predicted molar refractivity (Wildman–Crippen MR) is 70.3 cm³/mol. The van der Waals surface area contributed by atoms with Crippen molar-refractivity contribution in [2.24, 2.45) is 0 Å². The molecule has 22 heavy (non-hydrogen) atoms. The van der Waals surface area contributed by atoms with E-state index in [1.165, 1.54) is 6.92 Å². The molecule has 0 fully saturated rings. The monoisotopic (exact) mass is 345 g/mol. The lowest BCUT2D eigenvalue weighted by Crippen LogP contribution is -2.49. The van der Waals surface area contributed by atoms with Crippen molar-refractivity contribution >= 4 is 19.5 Å². The van der Waals surface area contributed by atoms with Crippen LogP contribution in [0.4, 0.5) is 0 Å². The average Bonchev–Trinajstić information content (AvgIpc) is 2.38. The van der Waals surface area contributed by atoms with Crippen LogP contribution in [0.1, 0.15) is 13.3 Å². The Labute approximate surface area is 125 Å². The van der Waals surface area contributed by atoms with E-state index >= 15 is 0 Å². The maximum atomic E-state index is 11.2. The van der Waals surface area contributed by atoms with E-state index in [1.54, 1.807) is 0 Å². The SMILES string of the molecule is CC(=O)CC(=O)NCC(O)C(O)C(O)C(O)COP(=O)(O)O. The quantitative estimate of drug-likeness (QED) is 0.155. The summed E-state index contributed by atoms with van der Waals surface area (Å²) in [5.41, 5.74) is 0. The van der Waals surface area contributed by atoms with Gasteiger partial charge in [0, 0.05) is 6.54 Å². The highest BCUT2D eigenvalue weighted by atomic mass is 31.2. The van der Waals surface area contributed by atoms with Gasteiger partial charge in [0.2, 0.25) is 5.91 Å². The Hall–Kier alpha value is -0.910. The van der Waals surface area contributed by atoms with Crippen LogP contribution in [-0.2, 0) is 18.7 Å². The zero-order valence-corrected chi connectivity index (χ0v) is 12.6. The first kappa shape index (κ1) is 21.1. The summed E-state index contributed by atoms with van der Waals surface area (Å²) in [5.74, 6) is -1.10. The Morgan fingerprint density at radius 1 is 1.09 bits per heavy atom. The van der Waals surface area contributed by atoms with Crippen molar-refractivity contribution in [1.29, 1.82) is 0 Å². The second-order valence-corrected chi connectivity index (χ2v) is 5.82. The van der Waals surface area contributed by atoms with E-state index < -0.39 is 63.5 Å². The third kappa shape index (κ3) is 9.18. The lowest BCUT2D eigenvalue weighted by Gasteiger charge is -2.26. The Balaban J connectivity index is 4.30. The van der Waals surface area contributed by atoms with Gasteiger partial charge in [-0.05, 0) is 6.92 Å². The van der Waals surface area contributed by atoms with Gasteiger partial charge < -0.3 is 35.5 Å². The van der Waals surface area contributed by atoms with Gasteiger partial charge in [0.1, 0.15) is 24.1 Å². The van der Waals surface area contributed by atoms with E-state index in [0.717, 1.165) is 0 Å². The fourth-order valence-corrected chi connectivity index (χ4v) is 1.70. The summed E-state index contributed by atoms with van der Waals surface area (Å²) in [6.45, 7) is -0.297. The molecule has 11 nitrogen and oxygen atoms in total.